The number of alkyl halides is 3. The zero-order chi connectivity index (χ0) is 31.7. The predicted molar refractivity (Wildman–Crippen MR) is 166 cm³/mol. The lowest BCUT2D eigenvalue weighted by atomic mass is 10.1. The lowest BCUT2D eigenvalue weighted by Crippen LogP contribution is -2.33. The maximum atomic E-state index is 13.4. The summed E-state index contributed by atoms with van der Waals surface area (Å²) < 4.78 is 39.2. The van der Waals surface area contributed by atoms with Crippen molar-refractivity contribution in [2.75, 3.05) is 22.5 Å². The third kappa shape index (κ3) is 8.62. The van der Waals surface area contributed by atoms with Crippen LogP contribution in [0.5, 0.6) is 0 Å². The van der Waals surface area contributed by atoms with Crippen LogP contribution < -0.4 is 15.6 Å². The maximum absolute atomic E-state index is 13.4. The fourth-order valence-electron chi connectivity index (χ4n) is 4.73. The first-order valence-electron chi connectivity index (χ1n) is 14.3. The van der Waals surface area contributed by atoms with E-state index in [1.165, 1.54) is 12.1 Å². The van der Waals surface area contributed by atoms with Crippen LogP contribution in [0.4, 0.5) is 29.3 Å². The fraction of sp³-hybridized carbons (Fsp3) is 0.312. The minimum absolute atomic E-state index is 0.0412. The lowest BCUT2D eigenvalue weighted by molar-refractivity contribution is -0.137. The standard InChI is InChI=1S/C32H33F3N4O4S/c1-2-3-4-5-6-17-39-27-15-14-25(44-18-16-21-10-12-22(13-11-21)30(41)42)20-26(27)28(29(39)40)37-38-31(43)36-24-9-7-8-23(19-24)32(33,34)35/h7-15,19-20H,2-6,16-18H2,1H3,(H,41,42)(H2,36,38,43)/b37-28-. The summed E-state index contributed by atoms with van der Waals surface area (Å²) in [5.74, 6) is -0.644. The Morgan fingerprint density at radius 3 is 2.43 bits per heavy atom. The number of aryl methyl sites for hydroxylation is 1. The Morgan fingerprint density at radius 2 is 1.73 bits per heavy atom. The van der Waals surface area contributed by atoms with Crippen molar-refractivity contribution in [3.63, 3.8) is 0 Å². The first kappa shape index (κ1) is 32.6. The van der Waals surface area contributed by atoms with Gasteiger partial charge in [-0.3, -0.25) is 4.79 Å². The van der Waals surface area contributed by atoms with Crippen molar-refractivity contribution >= 4 is 46.8 Å². The zero-order valence-electron chi connectivity index (χ0n) is 24.1. The SMILES string of the molecule is CCCCCCCN1C(=O)/C(=N\NC(=O)Nc2cccc(C(F)(F)F)c2)c2cc(SCCc3ccc(C(=O)O)cc3)ccc21. The van der Waals surface area contributed by atoms with Crippen molar-refractivity contribution < 1.29 is 32.7 Å². The van der Waals surface area contributed by atoms with E-state index in [0.717, 1.165) is 54.7 Å². The Hall–Kier alpha value is -4.32. The number of unbranched alkanes of at least 4 members (excludes halogenated alkanes) is 4. The van der Waals surface area contributed by atoms with Gasteiger partial charge in [-0.05, 0) is 66.9 Å². The second kappa shape index (κ2) is 14.9. The van der Waals surface area contributed by atoms with E-state index in [0.29, 0.717) is 30.0 Å². The molecule has 0 saturated carbocycles. The summed E-state index contributed by atoms with van der Waals surface area (Å²) in [5.41, 5.74) is 3.78. The average Bonchev–Trinajstić information content (AvgIpc) is 3.25. The molecule has 1 heterocycles. The molecule has 4 rings (SSSR count). The van der Waals surface area contributed by atoms with Crippen LogP contribution in [-0.2, 0) is 17.4 Å². The van der Waals surface area contributed by atoms with E-state index >= 15 is 0 Å². The lowest BCUT2D eigenvalue weighted by Gasteiger charge is -2.17. The van der Waals surface area contributed by atoms with E-state index in [1.807, 2.05) is 18.2 Å². The molecular formula is C32H33F3N4O4S. The fourth-order valence-corrected chi connectivity index (χ4v) is 5.66. The number of urea groups is 1. The molecule has 8 nitrogen and oxygen atoms in total. The molecule has 0 spiro atoms. The van der Waals surface area contributed by atoms with Crippen LogP contribution in [0.1, 0.15) is 66.1 Å². The van der Waals surface area contributed by atoms with Gasteiger partial charge in [-0.25, -0.2) is 15.0 Å². The van der Waals surface area contributed by atoms with Gasteiger partial charge >= 0.3 is 18.2 Å². The van der Waals surface area contributed by atoms with Gasteiger partial charge in [0.2, 0.25) is 0 Å². The summed E-state index contributed by atoms with van der Waals surface area (Å²) in [6, 6.07) is 15.7. The Kier molecular flexibility index (Phi) is 11.0. The number of nitrogens with one attached hydrogen (secondary N) is 2. The first-order chi connectivity index (χ1) is 21.1. The normalized spacial score (nSPS) is 13.7. The molecule has 0 unspecified atom stereocenters. The highest BCUT2D eigenvalue weighted by Gasteiger charge is 2.34. The number of carbonyl (C=O) groups is 3. The number of aromatic carboxylic acids is 1. The number of carboxylic acid groups (broad SMARTS) is 1. The number of amides is 3. The third-order valence-electron chi connectivity index (χ3n) is 7.02. The number of anilines is 2. The topological polar surface area (TPSA) is 111 Å². The molecule has 3 amide bonds. The molecule has 0 fully saturated rings. The molecule has 1 aliphatic rings. The van der Waals surface area contributed by atoms with Gasteiger partial charge in [0.05, 0.1) is 16.8 Å². The number of carbonyl (C=O) groups excluding carboxylic acids is 2. The van der Waals surface area contributed by atoms with Gasteiger partial charge in [-0.2, -0.15) is 18.3 Å². The van der Waals surface area contributed by atoms with Crippen molar-refractivity contribution in [1.82, 2.24) is 5.43 Å². The Labute approximate surface area is 257 Å². The number of hydrogen-bond donors (Lipinski definition) is 3. The highest BCUT2D eigenvalue weighted by molar-refractivity contribution is 7.99. The van der Waals surface area contributed by atoms with Crippen LogP contribution >= 0.6 is 11.8 Å². The molecular weight excluding hydrogens is 593 g/mol. The molecule has 0 radical (unpaired) electrons. The summed E-state index contributed by atoms with van der Waals surface area (Å²) in [4.78, 5) is 39.6. The van der Waals surface area contributed by atoms with E-state index in [4.69, 9.17) is 5.11 Å². The number of carboxylic acids is 1. The summed E-state index contributed by atoms with van der Waals surface area (Å²) in [7, 11) is 0. The zero-order valence-corrected chi connectivity index (χ0v) is 24.9. The molecule has 0 aliphatic carbocycles. The summed E-state index contributed by atoms with van der Waals surface area (Å²) in [6.45, 7) is 2.62. The molecule has 0 saturated heterocycles. The highest BCUT2D eigenvalue weighted by atomic mass is 32.2. The van der Waals surface area contributed by atoms with E-state index < -0.39 is 23.7 Å². The van der Waals surface area contributed by atoms with Crippen LogP contribution in [0.25, 0.3) is 0 Å². The number of hydrogen-bond acceptors (Lipinski definition) is 5. The number of hydrazone groups is 1. The van der Waals surface area contributed by atoms with Gasteiger partial charge in [-0.1, -0.05) is 50.8 Å². The van der Waals surface area contributed by atoms with Crippen molar-refractivity contribution in [1.29, 1.82) is 0 Å². The Bertz CT molecular complexity index is 1530. The predicted octanol–water partition coefficient (Wildman–Crippen LogP) is 7.58. The number of benzene rings is 3. The molecule has 0 bridgehead atoms. The molecule has 3 N–H and O–H groups in total. The summed E-state index contributed by atoms with van der Waals surface area (Å²) in [6.07, 6.45) is 1.20. The highest BCUT2D eigenvalue weighted by Crippen LogP contribution is 2.34. The quantitative estimate of drug-likeness (QED) is 0.103. The molecule has 12 heteroatoms. The minimum Gasteiger partial charge on any atom is -0.478 e. The second-order valence-corrected chi connectivity index (χ2v) is 11.4. The largest absolute Gasteiger partial charge is 0.478 e. The average molecular weight is 627 g/mol. The third-order valence-corrected chi connectivity index (χ3v) is 8.02. The van der Waals surface area contributed by atoms with Gasteiger partial charge in [0.25, 0.3) is 5.91 Å². The molecule has 44 heavy (non-hydrogen) atoms. The van der Waals surface area contributed by atoms with Crippen molar-refractivity contribution in [2.45, 2.75) is 56.5 Å². The van der Waals surface area contributed by atoms with Crippen LogP contribution in [0, 0.1) is 0 Å². The summed E-state index contributed by atoms with van der Waals surface area (Å²) >= 11 is 1.56. The molecule has 3 aromatic carbocycles. The number of rotatable bonds is 13. The van der Waals surface area contributed by atoms with Gasteiger partial charge in [0.15, 0.2) is 5.71 Å². The maximum Gasteiger partial charge on any atom is 0.416 e. The molecule has 0 atom stereocenters. The van der Waals surface area contributed by atoms with Crippen LogP contribution in [-0.4, -0.2) is 41.0 Å². The van der Waals surface area contributed by atoms with Crippen molar-refractivity contribution in [2.24, 2.45) is 5.10 Å². The van der Waals surface area contributed by atoms with E-state index in [2.05, 4.69) is 22.8 Å². The number of halogens is 3. The molecule has 1 aliphatic heterocycles. The Balaban J connectivity index is 1.48. The first-order valence-corrected chi connectivity index (χ1v) is 15.3. The smallest absolute Gasteiger partial charge is 0.416 e. The van der Waals surface area contributed by atoms with E-state index in [9.17, 15) is 27.6 Å². The number of nitrogens with zero attached hydrogens (tertiary/aromatic N) is 2. The number of fused-ring (bicyclic) bond motifs is 1. The molecule has 232 valence electrons. The van der Waals surface area contributed by atoms with Crippen molar-refractivity contribution in [3.8, 4) is 0 Å². The van der Waals surface area contributed by atoms with Crippen molar-refractivity contribution in [3.05, 3.63) is 89.0 Å². The van der Waals surface area contributed by atoms with Gasteiger partial charge in [0.1, 0.15) is 0 Å². The molecule has 3 aromatic rings. The summed E-state index contributed by atoms with van der Waals surface area (Å²) in [5, 5.41) is 15.5. The van der Waals surface area contributed by atoms with Crippen LogP contribution in [0.3, 0.4) is 0 Å². The van der Waals surface area contributed by atoms with E-state index in [1.54, 1.807) is 40.9 Å². The van der Waals surface area contributed by atoms with Crippen LogP contribution in [0.15, 0.2) is 76.7 Å². The van der Waals surface area contributed by atoms with Gasteiger partial charge in [0, 0.05) is 28.4 Å². The number of thioether (sulfide) groups is 1. The van der Waals surface area contributed by atoms with Gasteiger partial charge < -0.3 is 15.3 Å². The Morgan fingerprint density at radius 1 is 0.977 bits per heavy atom. The van der Waals surface area contributed by atoms with Gasteiger partial charge in [-0.15, -0.1) is 11.8 Å². The van der Waals surface area contributed by atoms with E-state index in [-0.39, 0.29) is 22.9 Å². The minimum atomic E-state index is -4.56. The monoisotopic (exact) mass is 626 g/mol. The molecule has 0 aromatic heterocycles. The second-order valence-electron chi connectivity index (χ2n) is 10.3. The van der Waals surface area contributed by atoms with Crippen LogP contribution in [0.2, 0.25) is 0 Å².